The van der Waals surface area contributed by atoms with Crippen molar-refractivity contribution in [3.63, 3.8) is 0 Å². The van der Waals surface area contributed by atoms with Crippen LogP contribution in [-0.2, 0) is 11.3 Å². The molecule has 1 aromatic carbocycles. The highest BCUT2D eigenvalue weighted by Crippen LogP contribution is 2.28. The number of ether oxygens (including phenoxy) is 1. The highest BCUT2D eigenvalue weighted by Gasteiger charge is 2.25. The smallest absolute Gasteiger partial charge is 0.335 e. The predicted octanol–water partition coefficient (Wildman–Crippen LogP) is 1.76. The van der Waals surface area contributed by atoms with Gasteiger partial charge in [0, 0.05) is 12.1 Å². The summed E-state index contributed by atoms with van der Waals surface area (Å²) in [6, 6.07) is 4.77. The van der Waals surface area contributed by atoms with Crippen molar-refractivity contribution in [3.05, 3.63) is 29.3 Å². The summed E-state index contributed by atoms with van der Waals surface area (Å²) in [6.45, 7) is 4.99. The van der Waals surface area contributed by atoms with E-state index in [4.69, 9.17) is 9.84 Å². The molecule has 2 rings (SSSR count). The van der Waals surface area contributed by atoms with Crippen LogP contribution in [0, 0.1) is 5.92 Å². The van der Waals surface area contributed by atoms with E-state index in [0.29, 0.717) is 18.8 Å². The number of fused-ring (bicyclic) bond motifs is 1. The van der Waals surface area contributed by atoms with Crippen LogP contribution >= 0.6 is 0 Å². The summed E-state index contributed by atoms with van der Waals surface area (Å²) in [5.41, 5.74) is 1.03. The maximum atomic E-state index is 11.0. The van der Waals surface area contributed by atoms with E-state index in [1.165, 1.54) is 12.1 Å². The summed E-state index contributed by atoms with van der Waals surface area (Å²) < 4.78 is 5.88. The van der Waals surface area contributed by atoms with Gasteiger partial charge in [-0.15, -0.1) is 0 Å². The third-order valence-electron chi connectivity index (χ3n) is 3.27. The van der Waals surface area contributed by atoms with Crippen molar-refractivity contribution in [2.45, 2.75) is 26.5 Å². The van der Waals surface area contributed by atoms with Crippen molar-refractivity contribution >= 4 is 12.4 Å². The maximum absolute atomic E-state index is 11.0. The standard InChI is InChI=1S/C14H17NO4/c1-9(2)13-7-15(8-16)6-11-4-3-10(14(17)18)5-12(11)19-13/h3-5,8-9,13H,6-7H2,1-2H3,(H,17,18). The Labute approximate surface area is 111 Å². The number of carbonyl (C=O) groups is 2. The Morgan fingerprint density at radius 1 is 1.53 bits per heavy atom. The van der Waals surface area contributed by atoms with Crippen LogP contribution in [0.3, 0.4) is 0 Å². The number of carboxylic acid groups (broad SMARTS) is 1. The van der Waals surface area contributed by atoms with Gasteiger partial charge in [-0.05, 0) is 18.1 Å². The van der Waals surface area contributed by atoms with Gasteiger partial charge in [0.15, 0.2) is 0 Å². The molecule has 1 unspecified atom stereocenters. The van der Waals surface area contributed by atoms with E-state index >= 15 is 0 Å². The van der Waals surface area contributed by atoms with Gasteiger partial charge in [-0.25, -0.2) is 4.79 Å². The molecule has 0 aromatic heterocycles. The summed E-state index contributed by atoms with van der Waals surface area (Å²) in [7, 11) is 0. The summed E-state index contributed by atoms with van der Waals surface area (Å²) in [5.74, 6) is -0.186. The van der Waals surface area contributed by atoms with Crippen molar-refractivity contribution in [3.8, 4) is 5.75 Å². The third-order valence-corrected chi connectivity index (χ3v) is 3.27. The van der Waals surface area contributed by atoms with Crippen LogP contribution in [0.25, 0.3) is 0 Å². The molecule has 0 spiro atoms. The Balaban J connectivity index is 2.39. The topological polar surface area (TPSA) is 66.8 Å². The third kappa shape index (κ3) is 2.86. The van der Waals surface area contributed by atoms with Gasteiger partial charge in [0.2, 0.25) is 6.41 Å². The summed E-state index contributed by atoms with van der Waals surface area (Å²) in [4.78, 5) is 23.7. The first-order valence-electron chi connectivity index (χ1n) is 6.23. The van der Waals surface area contributed by atoms with Crippen LogP contribution < -0.4 is 4.74 Å². The van der Waals surface area contributed by atoms with Crippen molar-refractivity contribution < 1.29 is 19.4 Å². The number of hydrogen-bond acceptors (Lipinski definition) is 3. The zero-order valence-corrected chi connectivity index (χ0v) is 11.0. The second kappa shape index (κ2) is 5.30. The molecule has 1 N–H and O–H groups in total. The number of carboxylic acids is 1. The van der Waals surface area contributed by atoms with Gasteiger partial charge in [0.05, 0.1) is 12.1 Å². The molecule has 1 aliphatic rings. The highest BCUT2D eigenvalue weighted by atomic mass is 16.5. The second-order valence-corrected chi connectivity index (χ2v) is 5.06. The van der Waals surface area contributed by atoms with Crippen molar-refractivity contribution in [2.24, 2.45) is 5.92 Å². The van der Waals surface area contributed by atoms with Crippen LogP contribution in [-0.4, -0.2) is 35.0 Å². The zero-order chi connectivity index (χ0) is 14.0. The molecular weight excluding hydrogens is 246 g/mol. The predicted molar refractivity (Wildman–Crippen MR) is 69.1 cm³/mol. The molecule has 0 saturated carbocycles. The first-order chi connectivity index (χ1) is 9.01. The minimum Gasteiger partial charge on any atom is -0.488 e. The van der Waals surface area contributed by atoms with Crippen molar-refractivity contribution in [1.82, 2.24) is 4.90 Å². The van der Waals surface area contributed by atoms with Gasteiger partial charge in [0.25, 0.3) is 0 Å². The first kappa shape index (κ1) is 13.4. The summed E-state index contributed by atoms with van der Waals surface area (Å²) in [5, 5.41) is 9.01. The largest absolute Gasteiger partial charge is 0.488 e. The Hall–Kier alpha value is -2.04. The summed E-state index contributed by atoms with van der Waals surface area (Å²) in [6.07, 6.45) is 0.675. The lowest BCUT2D eigenvalue weighted by Crippen LogP contribution is -2.35. The van der Waals surface area contributed by atoms with E-state index < -0.39 is 5.97 Å². The van der Waals surface area contributed by atoms with E-state index in [0.717, 1.165) is 12.0 Å². The number of nitrogens with zero attached hydrogens (tertiary/aromatic N) is 1. The van der Waals surface area contributed by atoms with Gasteiger partial charge < -0.3 is 14.7 Å². The molecule has 1 aromatic rings. The van der Waals surface area contributed by atoms with Crippen molar-refractivity contribution in [2.75, 3.05) is 6.54 Å². The van der Waals surface area contributed by atoms with E-state index in [1.54, 1.807) is 11.0 Å². The van der Waals surface area contributed by atoms with Crippen LogP contribution in [0.5, 0.6) is 5.75 Å². The molecule has 1 aliphatic heterocycles. The molecule has 102 valence electrons. The fraction of sp³-hybridized carbons (Fsp3) is 0.429. The fourth-order valence-corrected chi connectivity index (χ4v) is 2.07. The Morgan fingerprint density at radius 3 is 2.84 bits per heavy atom. The fourth-order valence-electron chi connectivity index (χ4n) is 2.07. The Kier molecular flexibility index (Phi) is 3.74. The molecule has 5 nitrogen and oxygen atoms in total. The second-order valence-electron chi connectivity index (χ2n) is 5.06. The number of benzene rings is 1. The lowest BCUT2D eigenvalue weighted by Gasteiger charge is -2.23. The van der Waals surface area contributed by atoms with Gasteiger partial charge in [0.1, 0.15) is 11.9 Å². The first-order valence-corrected chi connectivity index (χ1v) is 6.23. The monoisotopic (exact) mass is 263 g/mol. The van der Waals surface area contributed by atoms with Crippen LogP contribution in [0.1, 0.15) is 29.8 Å². The minimum atomic E-state index is -0.982. The number of carbonyl (C=O) groups excluding carboxylic acids is 1. The molecule has 1 atom stereocenters. The lowest BCUT2D eigenvalue weighted by atomic mass is 10.1. The number of aromatic carboxylic acids is 1. The van der Waals surface area contributed by atoms with E-state index in [-0.39, 0.29) is 17.6 Å². The Morgan fingerprint density at radius 2 is 2.26 bits per heavy atom. The van der Waals surface area contributed by atoms with Crippen molar-refractivity contribution in [1.29, 1.82) is 0 Å². The molecule has 0 aliphatic carbocycles. The number of hydrogen-bond donors (Lipinski definition) is 1. The molecular formula is C14H17NO4. The summed E-state index contributed by atoms with van der Waals surface area (Å²) >= 11 is 0. The zero-order valence-electron chi connectivity index (χ0n) is 11.0. The molecule has 0 bridgehead atoms. The van der Waals surface area contributed by atoms with Gasteiger partial charge in [-0.3, -0.25) is 4.79 Å². The molecule has 1 amide bonds. The van der Waals surface area contributed by atoms with Gasteiger partial charge >= 0.3 is 5.97 Å². The minimum absolute atomic E-state index is 0.129. The normalized spacial score (nSPS) is 18.5. The van der Waals surface area contributed by atoms with Gasteiger partial charge in [-0.1, -0.05) is 19.9 Å². The van der Waals surface area contributed by atoms with E-state index in [9.17, 15) is 9.59 Å². The average molecular weight is 263 g/mol. The van der Waals surface area contributed by atoms with E-state index in [1.807, 2.05) is 13.8 Å². The van der Waals surface area contributed by atoms with Crippen LogP contribution in [0.2, 0.25) is 0 Å². The van der Waals surface area contributed by atoms with Gasteiger partial charge in [-0.2, -0.15) is 0 Å². The number of rotatable bonds is 3. The highest BCUT2D eigenvalue weighted by molar-refractivity contribution is 5.88. The maximum Gasteiger partial charge on any atom is 0.335 e. The number of amides is 1. The molecule has 0 fully saturated rings. The SMILES string of the molecule is CC(C)C1CN(C=O)Cc2ccc(C(=O)O)cc2O1. The molecule has 19 heavy (non-hydrogen) atoms. The lowest BCUT2D eigenvalue weighted by molar-refractivity contribution is -0.119. The molecule has 1 heterocycles. The molecule has 5 heteroatoms. The van der Waals surface area contributed by atoms with E-state index in [2.05, 4.69) is 0 Å². The molecule has 0 radical (unpaired) electrons. The Bertz CT molecular complexity index is 498. The molecule has 0 saturated heterocycles. The quantitative estimate of drug-likeness (QED) is 0.844. The average Bonchev–Trinajstić information content (AvgIpc) is 2.56. The van der Waals surface area contributed by atoms with Crippen LogP contribution in [0.4, 0.5) is 0 Å². The van der Waals surface area contributed by atoms with Crippen LogP contribution in [0.15, 0.2) is 18.2 Å².